The molecule has 2 N–H and O–H groups in total. The summed E-state index contributed by atoms with van der Waals surface area (Å²) in [7, 11) is 1.72. The Kier molecular flexibility index (Phi) is 5.02. The fourth-order valence-electron chi connectivity index (χ4n) is 2.55. The lowest BCUT2D eigenvalue weighted by atomic mass is 10.1. The number of hydrogen-bond donors (Lipinski definition) is 2. The van der Waals surface area contributed by atoms with Gasteiger partial charge in [0.25, 0.3) is 0 Å². The van der Waals surface area contributed by atoms with Gasteiger partial charge in [0.05, 0.1) is 7.11 Å². The number of benzene rings is 1. The van der Waals surface area contributed by atoms with Gasteiger partial charge in [-0.25, -0.2) is 0 Å². The molecule has 0 spiro atoms. The van der Waals surface area contributed by atoms with Crippen molar-refractivity contribution in [2.75, 3.05) is 26.7 Å². The molecule has 100 valence electrons. The van der Waals surface area contributed by atoms with E-state index >= 15 is 0 Å². The first-order valence-corrected chi connectivity index (χ1v) is 6.84. The van der Waals surface area contributed by atoms with Crippen LogP contribution in [0.4, 0.5) is 0 Å². The third-order valence-electron chi connectivity index (χ3n) is 3.68. The molecule has 0 aromatic heterocycles. The molecule has 1 fully saturated rings. The highest BCUT2D eigenvalue weighted by Gasteiger charge is 2.13. The van der Waals surface area contributed by atoms with Crippen molar-refractivity contribution in [1.29, 1.82) is 0 Å². The first-order chi connectivity index (χ1) is 8.79. The number of methoxy groups -OCH3 is 1. The van der Waals surface area contributed by atoms with E-state index in [0.29, 0.717) is 0 Å². The molecule has 1 atom stereocenters. The second kappa shape index (κ2) is 6.76. The Labute approximate surface area is 110 Å². The molecule has 0 aliphatic carbocycles. The van der Waals surface area contributed by atoms with E-state index in [4.69, 9.17) is 4.74 Å². The third kappa shape index (κ3) is 3.72. The molecule has 1 unspecified atom stereocenters. The van der Waals surface area contributed by atoms with E-state index in [-0.39, 0.29) is 0 Å². The van der Waals surface area contributed by atoms with E-state index in [0.717, 1.165) is 24.8 Å². The lowest BCUT2D eigenvalue weighted by Gasteiger charge is -2.10. The van der Waals surface area contributed by atoms with E-state index in [1.54, 1.807) is 7.11 Å². The molecule has 0 amide bonds. The Hall–Kier alpha value is -1.06. The summed E-state index contributed by atoms with van der Waals surface area (Å²) < 4.78 is 5.27. The summed E-state index contributed by atoms with van der Waals surface area (Å²) >= 11 is 0. The SMILES string of the molecule is COc1ccc(CNCCC2CCNC2)cc1C. The van der Waals surface area contributed by atoms with Crippen molar-refractivity contribution in [1.82, 2.24) is 10.6 Å². The quantitative estimate of drug-likeness (QED) is 0.756. The molecule has 2 rings (SSSR count). The summed E-state index contributed by atoms with van der Waals surface area (Å²) in [6, 6.07) is 6.38. The Balaban J connectivity index is 1.71. The maximum Gasteiger partial charge on any atom is 0.121 e. The van der Waals surface area contributed by atoms with Gasteiger partial charge in [-0.1, -0.05) is 12.1 Å². The lowest BCUT2D eigenvalue weighted by Crippen LogP contribution is -2.19. The molecule has 1 aliphatic rings. The minimum Gasteiger partial charge on any atom is -0.496 e. The first-order valence-electron chi connectivity index (χ1n) is 6.84. The van der Waals surface area contributed by atoms with Gasteiger partial charge in [0.2, 0.25) is 0 Å². The van der Waals surface area contributed by atoms with E-state index in [1.807, 2.05) is 6.07 Å². The van der Waals surface area contributed by atoms with E-state index < -0.39 is 0 Å². The van der Waals surface area contributed by atoms with Crippen LogP contribution in [0.5, 0.6) is 5.75 Å². The largest absolute Gasteiger partial charge is 0.496 e. The molecular formula is C15H24N2O. The standard InChI is InChI=1S/C15H24N2O/c1-12-9-14(3-4-15(12)18-2)11-17-8-6-13-5-7-16-10-13/h3-4,9,13,16-17H,5-8,10-11H2,1-2H3. The van der Waals surface area contributed by atoms with Gasteiger partial charge in [-0.2, -0.15) is 0 Å². The van der Waals surface area contributed by atoms with Gasteiger partial charge in [0, 0.05) is 6.54 Å². The molecule has 3 heteroatoms. The molecule has 0 bridgehead atoms. The maximum atomic E-state index is 5.27. The molecule has 1 aromatic carbocycles. The summed E-state index contributed by atoms with van der Waals surface area (Å²) in [5, 5.41) is 6.93. The summed E-state index contributed by atoms with van der Waals surface area (Å²) in [6.07, 6.45) is 2.62. The number of ether oxygens (including phenoxy) is 1. The summed E-state index contributed by atoms with van der Waals surface area (Å²) in [5.74, 6) is 1.84. The van der Waals surface area contributed by atoms with Crippen molar-refractivity contribution in [3.63, 3.8) is 0 Å². The van der Waals surface area contributed by atoms with Crippen LogP contribution in [-0.2, 0) is 6.54 Å². The minimum absolute atomic E-state index is 0.870. The molecule has 1 heterocycles. The number of rotatable bonds is 6. The van der Waals surface area contributed by atoms with Crippen LogP contribution in [0.25, 0.3) is 0 Å². The number of nitrogens with one attached hydrogen (secondary N) is 2. The van der Waals surface area contributed by atoms with Crippen molar-refractivity contribution < 1.29 is 4.74 Å². The monoisotopic (exact) mass is 248 g/mol. The zero-order valence-electron chi connectivity index (χ0n) is 11.5. The normalized spacial score (nSPS) is 19.1. The summed E-state index contributed by atoms with van der Waals surface area (Å²) in [5.41, 5.74) is 2.54. The van der Waals surface area contributed by atoms with Gasteiger partial charge in [-0.05, 0) is 62.5 Å². The fraction of sp³-hybridized carbons (Fsp3) is 0.600. The molecule has 0 saturated carbocycles. The summed E-state index contributed by atoms with van der Waals surface area (Å²) in [4.78, 5) is 0. The van der Waals surface area contributed by atoms with Gasteiger partial charge in [-0.3, -0.25) is 0 Å². The Morgan fingerprint density at radius 3 is 3.00 bits per heavy atom. The van der Waals surface area contributed by atoms with Crippen LogP contribution in [0.15, 0.2) is 18.2 Å². The molecule has 1 aromatic rings. The van der Waals surface area contributed by atoms with Crippen molar-refractivity contribution in [2.45, 2.75) is 26.3 Å². The van der Waals surface area contributed by atoms with Crippen LogP contribution in [0, 0.1) is 12.8 Å². The molecule has 0 radical (unpaired) electrons. The molecule has 3 nitrogen and oxygen atoms in total. The van der Waals surface area contributed by atoms with Gasteiger partial charge >= 0.3 is 0 Å². The van der Waals surface area contributed by atoms with E-state index in [1.165, 1.54) is 37.1 Å². The second-order valence-electron chi connectivity index (χ2n) is 5.13. The number of hydrogen-bond acceptors (Lipinski definition) is 3. The van der Waals surface area contributed by atoms with Gasteiger partial charge in [0.1, 0.15) is 5.75 Å². The Morgan fingerprint density at radius 1 is 1.44 bits per heavy atom. The molecule has 18 heavy (non-hydrogen) atoms. The van der Waals surface area contributed by atoms with Crippen molar-refractivity contribution in [3.05, 3.63) is 29.3 Å². The highest BCUT2D eigenvalue weighted by atomic mass is 16.5. The van der Waals surface area contributed by atoms with E-state index in [2.05, 4.69) is 29.7 Å². The maximum absolute atomic E-state index is 5.27. The second-order valence-corrected chi connectivity index (χ2v) is 5.13. The molecule has 1 saturated heterocycles. The zero-order valence-corrected chi connectivity index (χ0v) is 11.5. The van der Waals surface area contributed by atoms with Crippen LogP contribution in [-0.4, -0.2) is 26.7 Å². The van der Waals surface area contributed by atoms with Crippen molar-refractivity contribution in [2.24, 2.45) is 5.92 Å². The van der Waals surface area contributed by atoms with Crippen LogP contribution in [0.1, 0.15) is 24.0 Å². The predicted octanol–water partition coefficient (Wildman–Crippen LogP) is 2.09. The van der Waals surface area contributed by atoms with Crippen LogP contribution >= 0.6 is 0 Å². The van der Waals surface area contributed by atoms with Crippen molar-refractivity contribution in [3.8, 4) is 5.75 Å². The highest BCUT2D eigenvalue weighted by molar-refractivity contribution is 5.36. The first kappa shape index (κ1) is 13.4. The molecule has 1 aliphatic heterocycles. The zero-order chi connectivity index (χ0) is 12.8. The van der Waals surface area contributed by atoms with Gasteiger partial charge in [-0.15, -0.1) is 0 Å². The van der Waals surface area contributed by atoms with E-state index in [9.17, 15) is 0 Å². The van der Waals surface area contributed by atoms with Gasteiger partial charge < -0.3 is 15.4 Å². The Bertz CT molecular complexity index is 373. The smallest absolute Gasteiger partial charge is 0.121 e. The minimum atomic E-state index is 0.870. The van der Waals surface area contributed by atoms with Crippen LogP contribution in [0.2, 0.25) is 0 Å². The highest BCUT2D eigenvalue weighted by Crippen LogP contribution is 2.18. The Morgan fingerprint density at radius 2 is 2.33 bits per heavy atom. The van der Waals surface area contributed by atoms with Crippen molar-refractivity contribution >= 4 is 0 Å². The number of aryl methyl sites for hydroxylation is 1. The lowest BCUT2D eigenvalue weighted by molar-refractivity contribution is 0.411. The molecular weight excluding hydrogens is 224 g/mol. The average molecular weight is 248 g/mol. The van der Waals surface area contributed by atoms with Crippen LogP contribution < -0.4 is 15.4 Å². The fourth-order valence-corrected chi connectivity index (χ4v) is 2.55. The predicted molar refractivity (Wildman–Crippen MR) is 75.0 cm³/mol. The van der Waals surface area contributed by atoms with Gasteiger partial charge in [0.15, 0.2) is 0 Å². The summed E-state index contributed by atoms with van der Waals surface area (Å²) in [6.45, 7) is 6.54. The van der Waals surface area contributed by atoms with Crippen LogP contribution in [0.3, 0.4) is 0 Å². The third-order valence-corrected chi connectivity index (χ3v) is 3.68. The average Bonchev–Trinajstić information content (AvgIpc) is 2.88. The topological polar surface area (TPSA) is 33.3 Å².